The van der Waals surface area contributed by atoms with Gasteiger partial charge >= 0.3 is 0 Å². The number of nitrogens with zero attached hydrogens (tertiary/aromatic N) is 1. The number of hydrogen-bond donors (Lipinski definition) is 0. The van der Waals surface area contributed by atoms with Crippen molar-refractivity contribution in [3.8, 4) is 5.88 Å². The molecule has 0 N–H and O–H groups in total. The summed E-state index contributed by atoms with van der Waals surface area (Å²) in [6.45, 7) is 1.80. The van der Waals surface area contributed by atoms with Gasteiger partial charge in [-0.15, -0.1) is 11.6 Å². The Balaban J connectivity index is 3.01. The quantitative estimate of drug-likeness (QED) is 0.620. The van der Waals surface area contributed by atoms with Crippen LogP contribution in [0.4, 0.5) is 0 Å². The van der Waals surface area contributed by atoms with Crippen LogP contribution >= 0.6 is 11.6 Å². The molecule has 0 aromatic carbocycles. The van der Waals surface area contributed by atoms with Crippen molar-refractivity contribution in [1.29, 1.82) is 0 Å². The van der Waals surface area contributed by atoms with Crippen molar-refractivity contribution in [1.82, 2.24) is 5.16 Å². The Morgan fingerprint density at radius 1 is 1.70 bits per heavy atom. The third kappa shape index (κ3) is 1.09. The Morgan fingerprint density at radius 3 is 2.80 bits per heavy atom. The molecule has 10 heavy (non-hydrogen) atoms. The second kappa shape index (κ2) is 2.92. The van der Waals surface area contributed by atoms with E-state index < -0.39 is 0 Å². The van der Waals surface area contributed by atoms with Gasteiger partial charge in [0.15, 0.2) is 0 Å². The van der Waals surface area contributed by atoms with Gasteiger partial charge in [0.1, 0.15) is 5.76 Å². The fraction of sp³-hybridized carbons (Fsp3) is 0.500. The summed E-state index contributed by atoms with van der Waals surface area (Å²) in [5, 5.41) is 3.62. The second-order valence-electron chi connectivity index (χ2n) is 1.86. The van der Waals surface area contributed by atoms with Gasteiger partial charge in [-0.3, -0.25) is 0 Å². The fourth-order valence-corrected chi connectivity index (χ4v) is 0.985. The van der Waals surface area contributed by atoms with Crippen molar-refractivity contribution in [2.75, 3.05) is 7.11 Å². The Hall–Kier alpha value is -0.700. The molecule has 0 saturated heterocycles. The highest BCUT2D eigenvalue weighted by Gasteiger charge is 2.10. The summed E-state index contributed by atoms with van der Waals surface area (Å²) in [7, 11) is 1.54. The van der Waals surface area contributed by atoms with E-state index in [1.54, 1.807) is 6.92 Å². The molecule has 0 amide bonds. The van der Waals surface area contributed by atoms with Crippen LogP contribution in [0.2, 0.25) is 0 Å². The first kappa shape index (κ1) is 7.41. The van der Waals surface area contributed by atoms with Crippen molar-refractivity contribution in [2.45, 2.75) is 12.8 Å². The molecule has 1 aromatic heterocycles. The van der Waals surface area contributed by atoms with Crippen molar-refractivity contribution in [2.24, 2.45) is 0 Å². The molecule has 0 radical (unpaired) electrons. The molecule has 1 rings (SSSR count). The maximum Gasteiger partial charge on any atom is 0.258 e. The minimum absolute atomic E-state index is 0.374. The van der Waals surface area contributed by atoms with Gasteiger partial charge < -0.3 is 9.26 Å². The lowest BCUT2D eigenvalue weighted by Crippen LogP contribution is -1.86. The molecular formula is C6H8ClNO2. The number of rotatable bonds is 2. The molecule has 4 heteroatoms. The third-order valence-corrected chi connectivity index (χ3v) is 1.54. The summed E-state index contributed by atoms with van der Waals surface area (Å²) < 4.78 is 9.69. The molecule has 56 valence electrons. The van der Waals surface area contributed by atoms with Gasteiger partial charge in [-0.05, 0) is 12.1 Å². The van der Waals surface area contributed by atoms with E-state index >= 15 is 0 Å². The Labute approximate surface area is 63.9 Å². The van der Waals surface area contributed by atoms with E-state index in [0.29, 0.717) is 17.5 Å². The van der Waals surface area contributed by atoms with Gasteiger partial charge in [0.2, 0.25) is 0 Å². The van der Waals surface area contributed by atoms with Crippen LogP contribution in [0.25, 0.3) is 0 Å². The van der Waals surface area contributed by atoms with E-state index in [0.717, 1.165) is 5.56 Å². The summed E-state index contributed by atoms with van der Waals surface area (Å²) in [4.78, 5) is 0. The van der Waals surface area contributed by atoms with Crippen LogP contribution in [0.1, 0.15) is 11.3 Å². The highest BCUT2D eigenvalue weighted by Crippen LogP contribution is 2.21. The lowest BCUT2D eigenvalue weighted by Gasteiger charge is -1.92. The Bertz CT molecular complexity index is 222. The number of alkyl halides is 1. The monoisotopic (exact) mass is 161 g/mol. The Morgan fingerprint density at radius 2 is 2.40 bits per heavy atom. The first-order valence-corrected chi connectivity index (χ1v) is 3.38. The van der Waals surface area contributed by atoms with Crippen LogP contribution in [0.15, 0.2) is 4.52 Å². The molecule has 0 bridgehead atoms. The summed E-state index contributed by atoms with van der Waals surface area (Å²) in [5.74, 6) is 1.57. The number of ether oxygens (including phenoxy) is 1. The zero-order valence-corrected chi connectivity index (χ0v) is 6.60. The van der Waals surface area contributed by atoms with E-state index in [2.05, 4.69) is 5.16 Å². The van der Waals surface area contributed by atoms with E-state index in [9.17, 15) is 0 Å². The van der Waals surface area contributed by atoms with Crippen molar-refractivity contribution in [3.63, 3.8) is 0 Å². The first-order chi connectivity index (χ1) is 4.79. The van der Waals surface area contributed by atoms with Crippen LogP contribution in [0.3, 0.4) is 0 Å². The zero-order valence-electron chi connectivity index (χ0n) is 5.85. The van der Waals surface area contributed by atoms with Crippen molar-refractivity contribution >= 4 is 11.6 Å². The molecular weight excluding hydrogens is 154 g/mol. The summed E-state index contributed by atoms with van der Waals surface area (Å²) in [5.41, 5.74) is 0.823. The summed E-state index contributed by atoms with van der Waals surface area (Å²) in [6, 6.07) is 0. The predicted molar refractivity (Wildman–Crippen MR) is 37.3 cm³/mol. The number of hydrogen-bond acceptors (Lipinski definition) is 3. The maximum absolute atomic E-state index is 5.58. The maximum atomic E-state index is 5.58. The van der Waals surface area contributed by atoms with Crippen LogP contribution < -0.4 is 4.74 Å². The molecule has 0 fully saturated rings. The molecule has 1 heterocycles. The minimum atomic E-state index is 0.374. The lowest BCUT2D eigenvalue weighted by molar-refractivity contribution is 0.331. The van der Waals surface area contributed by atoms with Crippen molar-refractivity contribution in [3.05, 3.63) is 11.3 Å². The SMILES string of the molecule is COc1noc(C)c1CCl. The predicted octanol–water partition coefficient (Wildman–Crippen LogP) is 1.73. The largest absolute Gasteiger partial charge is 0.479 e. The lowest BCUT2D eigenvalue weighted by atomic mass is 10.3. The van der Waals surface area contributed by atoms with Gasteiger partial charge in [0.25, 0.3) is 5.88 Å². The third-order valence-electron chi connectivity index (χ3n) is 1.28. The fourth-order valence-electron chi connectivity index (χ4n) is 0.682. The average Bonchev–Trinajstić information content (AvgIpc) is 2.30. The highest BCUT2D eigenvalue weighted by atomic mass is 35.5. The number of aryl methyl sites for hydroxylation is 1. The molecule has 0 saturated carbocycles. The standard InChI is InChI=1S/C6H8ClNO2/c1-4-5(3-7)6(9-2)8-10-4/h3H2,1-2H3. The number of methoxy groups -OCH3 is 1. The van der Waals surface area contributed by atoms with Crippen LogP contribution in [-0.4, -0.2) is 12.3 Å². The van der Waals surface area contributed by atoms with Crippen LogP contribution in [-0.2, 0) is 5.88 Å². The van der Waals surface area contributed by atoms with Gasteiger partial charge in [0, 0.05) is 0 Å². The van der Waals surface area contributed by atoms with Crippen LogP contribution in [0, 0.1) is 6.92 Å². The van der Waals surface area contributed by atoms with Gasteiger partial charge in [-0.1, -0.05) is 0 Å². The molecule has 0 aliphatic heterocycles. The number of aromatic nitrogens is 1. The molecule has 0 spiro atoms. The van der Waals surface area contributed by atoms with Crippen LogP contribution in [0.5, 0.6) is 5.88 Å². The average molecular weight is 162 g/mol. The number of halogens is 1. The molecule has 3 nitrogen and oxygen atoms in total. The van der Waals surface area contributed by atoms with Crippen molar-refractivity contribution < 1.29 is 9.26 Å². The van der Waals surface area contributed by atoms with Gasteiger partial charge in [0.05, 0.1) is 18.6 Å². The van der Waals surface area contributed by atoms with E-state index in [1.807, 2.05) is 0 Å². The highest BCUT2D eigenvalue weighted by molar-refractivity contribution is 6.17. The molecule has 0 unspecified atom stereocenters. The zero-order chi connectivity index (χ0) is 7.56. The molecule has 1 aromatic rings. The summed E-state index contributed by atoms with van der Waals surface area (Å²) in [6.07, 6.45) is 0. The molecule has 0 aliphatic carbocycles. The van der Waals surface area contributed by atoms with Gasteiger partial charge in [-0.2, -0.15) is 0 Å². The van der Waals surface area contributed by atoms with E-state index in [-0.39, 0.29) is 0 Å². The normalized spacial score (nSPS) is 9.90. The van der Waals surface area contributed by atoms with E-state index in [1.165, 1.54) is 7.11 Å². The van der Waals surface area contributed by atoms with Gasteiger partial charge in [-0.25, -0.2) is 0 Å². The molecule has 0 atom stereocenters. The second-order valence-corrected chi connectivity index (χ2v) is 2.13. The minimum Gasteiger partial charge on any atom is -0.479 e. The first-order valence-electron chi connectivity index (χ1n) is 2.84. The van der Waals surface area contributed by atoms with E-state index in [4.69, 9.17) is 20.9 Å². The molecule has 0 aliphatic rings. The Kier molecular flexibility index (Phi) is 2.17. The summed E-state index contributed by atoms with van der Waals surface area (Å²) >= 11 is 5.58. The topological polar surface area (TPSA) is 35.3 Å². The smallest absolute Gasteiger partial charge is 0.258 e.